The van der Waals surface area contributed by atoms with E-state index in [0.717, 1.165) is 30.4 Å². The quantitative estimate of drug-likeness (QED) is 0.666. The predicted octanol–water partition coefficient (Wildman–Crippen LogP) is 3.05. The molecule has 1 unspecified atom stereocenters. The number of nitrogens with zero attached hydrogens (tertiary/aromatic N) is 3. The fourth-order valence-corrected chi connectivity index (χ4v) is 3.18. The van der Waals surface area contributed by atoms with E-state index in [9.17, 15) is 4.79 Å². The van der Waals surface area contributed by atoms with Crippen molar-refractivity contribution in [2.75, 3.05) is 20.2 Å². The standard InChI is InChI=1S/C20H21N3O4/c1-23(11-15-7-4-10-25-15)20(24)16-12-27-18(22-16)13-26-17-8-2-5-14-6-3-9-21-19(14)17/h2-3,5-6,8-9,12,15H,4,7,10-11,13H2,1H3. The molecule has 7 heteroatoms. The van der Waals surface area contributed by atoms with E-state index in [0.29, 0.717) is 18.2 Å². The fraction of sp³-hybridized carbons (Fsp3) is 0.350. The molecule has 0 aliphatic carbocycles. The third-order valence-corrected chi connectivity index (χ3v) is 4.57. The number of ether oxygens (including phenoxy) is 2. The number of carbonyl (C=O) groups excluding carboxylic acids is 1. The predicted molar refractivity (Wildman–Crippen MR) is 98.5 cm³/mol. The van der Waals surface area contributed by atoms with Crippen LogP contribution in [0.4, 0.5) is 0 Å². The van der Waals surface area contributed by atoms with Crippen molar-refractivity contribution < 1.29 is 18.7 Å². The Labute approximate surface area is 156 Å². The Kier molecular flexibility index (Phi) is 5.02. The Morgan fingerprint density at radius 2 is 2.22 bits per heavy atom. The topological polar surface area (TPSA) is 77.7 Å². The lowest BCUT2D eigenvalue weighted by molar-refractivity contribution is 0.0582. The van der Waals surface area contributed by atoms with Crippen molar-refractivity contribution in [3.8, 4) is 5.75 Å². The van der Waals surface area contributed by atoms with Crippen LogP contribution in [0.3, 0.4) is 0 Å². The van der Waals surface area contributed by atoms with Crippen molar-refractivity contribution in [3.05, 3.63) is 54.4 Å². The minimum atomic E-state index is -0.188. The molecule has 0 radical (unpaired) electrons. The van der Waals surface area contributed by atoms with Crippen LogP contribution in [0.15, 0.2) is 47.2 Å². The SMILES string of the molecule is CN(CC1CCCO1)C(=O)c1coc(COc2cccc3cccnc23)n1. The molecule has 27 heavy (non-hydrogen) atoms. The molecule has 3 aromatic rings. The number of pyridine rings is 1. The largest absolute Gasteiger partial charge is 0.482 e. The van der Waals surface area contributed by atoms with Crippen molar-refractivity contribution in [3.63, 3.8) is 0 Å². The van der Waals surface area contributed by atoms with E-state index >= 15 is 0 Å². The summed E-state index contributed by atoms with van der Waals surface area (Å²) in [4.78, 5) is 22.7. The first-order chi connectivity index (χ1) is 13.2. The zero-order chi connectivity index (χ0) is 18.6. The molecular formula is C20H21N3O4. The molecule has 1 atom stereocenters. The normalized spacial score (nSPS) is 16.6. The highest BCUT2D eigenvalue weighted by Gasteiger charge is 2.23. The van der Waals surface area contributed by atoms with E-state index in [2.05, 4.69) is 9.97 Å². The van der Waals surface area contributed by atoms with Crippen molar-refractivity contribution in [1.29, 1.82) is 0 Å². The molecule has 0 saturated carbocycles. The van der Waals surface area contributed by atoms with Gasteiger partial charge in [-0.25, -0.2) is 4.98 Å². The summed E-state index contributed by atoms with van der Waals surface area (Å²) < 4.78 is 16.8. The number of amides is 1. The number of fused-ring (bicyclic) bond motifs is 1. The average Bonchev–Trinajstić information content (AvgIpc) is 3.37. The smallest absolute Gasteiger partial charge is 0.275 e. The maximum absolute atomic E-state index is 12.5. The Morgan fingerprint density at radius 1 is 1.33 bits per heavy atom. The van der Waals surface area contributed by atoms with Gasteiger partial charge in [0.2, 0.25) is 5.89 Å². The summed E-state index contributed by atoms with van der Waals surface area (Å²) in [6.45, 7) is 1.44. The molecule has 4 rings (SSSR count). The molecular weight excluding hydrogens is 346 g/mol. The maximum atomic E-state index is 12.5. The van der Waals surface area contributed by atoms with Crippen LogP contribution in [0.1, 0.15) is 29.2 Å². The molecule has 1 aliphatic heterocycles. The van der Waals surface area contributed by atoms with E-state index in [4.69, 9.17) is 13.9 Å². The first-order valence-corrected chi connectivity index (χ1v) is 8.99. The summed E-state index contributed by atoms with van der Waals surface area (Å²) in [5.74, 6) is 0.804. The number of hydrogen-bond acceptors (Lipinski definition) is 6. The van der Waals surface area contributed by atoms with Crippen LogP contribution < -0.4 is 4.74 Å². The highest BCUT2D eigenvalue weighted by atomic mass is 16.5. The van der Waals surface area contributed by atoms with E-state index < -0.39 is 0 Å². The van der Waals surface area contributed by atoms with Gasteiger partial charge in [-0.2, -0.15) is 0 Å². The van der Waals surface area contributed by atoms with Crippen molar-refractivity contribution in [2.45, 2.75) is 25.6 Å². The summed E-state index contributed by atoms with van der Waals surface area (Å²) in [5.41, 5.74) is 1.05. The number of likely N-dealkylation sites (N-methyl/N-ethyl adjacent to an activating group) is 1. The molecule has 1 aliphatic rings. The van der Waals surface area contributed by atoms with E-state index in [1.54, 1.807) is 18.1 Å². The van der Waals surface area contributed by atoms with Crippen LogP contribution in [0.2, 0.25) is 0 Å². The van der Waals surface area contributed by atoms with Gasteiger partial charge in [-0.1, -0.05) is 18.2 Å². The van der Waals surface area contributed by atoms with Gasteiger partial charge >= 0.3 is 0 Å². The molecule has 0 bridgehead atoms. The first kappa shape index (κ1) is 17.5. The number of rotatable bonds is 6. The molecule has 3 heterocycles. The van der Waals surface area contributed by atoms with Crippen molar-refractivity contribution in [1.82, 2.24) is 14.9 Å². The Balaban J connectivity index is 1.39. The van der Waals surface area contributed by atoms with Gasteiger partial charge in [0.25, 0.3) is 5.91 Å². The zero-order valence-corrected chi connectivity index (χ0v) is 15.1. The highest BCUT2D eigenvalue weighted by molar-refractivity contribution is 5.91. The molecule has 7 nitrogen and oxygen atoms in total. The van der Waals surface area contributed by atoms with Crippen LogP contribution in [0.25, 0.3) is 10.9 Å². The number of hydrogen-bond donors (Lipinski definition) is 0. The summed E-state index contributed by atoms with van der Waals surface area (Å²) in [5, 5.41) is 0.994. The fourth-order valence-electron chi connectivity index (χ4n) is 3.18. The van der Waals surface area contributed by atoms with Gasteiger partial charge < -0.3 is 18.8 Å². The van der Waals surface area contributed by atoms with Crippen molar-refractivity contribution >= 4 is 16.8 Å². The van der Waals surface area contributed by atoms with E-state index in [1.807, 2.05) is 30.3 Å². The molecule has 1 saturated heterocycles. The van der Waals surface area contributed by atoms with E-state index in [1.165, 1.54) is 6.26 Å². The van der Waals surface area contributed by atoms with E-state index in [-0.39, 0.29) is 24.3 Å². The van der Waals surface area contributed by atoms with Gasteiger partial charge in [0.05, 0.1) is 6.10 Å². The molecule has 1 fully saturated rings. The lowest BCUT2D eigenvalue weighted by atomic mass is 10.2. The molecule has 1 amide bonds. The average molecular weight is 367 g/mol. The third kappa shape index (κ3) is 3.93. The van der Waals surface area contributed by atoms with Gasteiger partial charge in [0.15, 0.2) is 12.3 Å². The Bertz CT molecular complexity index is 928. The summed E-state index contributed by atoms with van der Waals surface area (Å²) in [6, 6.07) is 9.58. The van der Waals surface area contributed by atoms with Crippen LogP contribution in [-0.4, -0.2) is 47.1 Å². The number of carbonyl (C=O) groups is 1. The lowest BCUT2D eigenvalue weighted by Crippen LogP contribution is -2.34. The summed E-state index contributed by atoms with van der Waals surface area (Å²) >= 11 is 0. The zero-order valence-electron chi connectivity index (χ0n) is 15.1. The van der Waals surface area contributed by atoms with Gasteiger partial charge in [-0.3, -0.25) is 9.78 Å². The van der Waals surface area contributed by atoms with Gasteiger partial charge in [-0.15, -0.1) is 0 Å². The second-order valence-corrected chi connectivity index (χ2v) is 6.57. The van der Waals surface area contributed by atoms with Gasteiger partial charge in [0.1, 0.15) is 17.5 Å². The second kappa shape index (κ2) is 7.75. The molecule has 1 aromatic carbocycles. The van der Waals surface area contributed by atoms with Gasteiger partial charge in [-0.05, 0) is 25.0 Å². The molecule has 140 valence electrons. The monoisotopic (exact) mass is 367 g/mol. The molecule has 0 spiro atoms. The maximum Gasteiger partial charge on any atom is 0.275 e. The number of aromatic nitrogens is 2. The minimum Gasteiger partial charge on any atom is -0.482 e. The van der Waals surface area contributed by atoms with Crippen LogP contribution in [-0.2, 0) is 11.3 Å². The second-order valence-electron chi connectivity index (χ2n) is 6.57. The summed E-state index contributed by atoms with van der Waals surface area (Å²) in [7, 11) is 1.75. The lowest BCUT2D eigenvalue weighted by Gasteiger charge is -2.19. The van der Waals surface area contributed by atoms with Crippen LogP contribution in [0, 0.1) is 0 Å². The Hall–Kier alpha value is -2.93. The van der Waals surface area contributed by atoms with Crippen LogP contribution >= 0.6 is 0 Å². The van der Waals surface area contributed by atoms with Crippen LogP contribution in [0.5, 0.6) is 5.75 Å². The third-order valence-electron chi connectivity index (χ3n) is 4.57. The number of para-hydroxylation sites is 1. The Morgan fingerprint density at radius 3 is 3.07 bits per heavy atom. The number of oxazole rings is 1. The first-order valence-electron chi connectivity index (χ1n) is 8.99. The highest BCUT2D eigenvalue weighted by Crippen LogP contribution is 2.24. The number of benzene rings is 1. The van der Waals surface area contributed by atoms with Gasteiger partial charge in [0, 0.05) is 31.8 Å². The molecule has 2 aromatic heterocycles. The summed E-state index contributed by atoms with van der Waals surface area (Å²) in [6.07, 6.45) is 5.22. The minimum absolute atomic E-state index is 0.104. The molecule has 0 N–H and O–H groups in total. The van der Waals surface area contributed by atoms with Crippen molar-refractivity contribution in [2.24, 2.45) is 0 Å².